The Labute approximate surface area is 147 Å². The maximum atomic E-state index is 5.85. The van der Waals surface area contributed by atoms with Crippen LogP contribution in [0.15, 0.2) is 51.5 Å². The number of thiophene rings is 1. The highest BCUT2D eigenvalue weighted by Gasteiger charge is 2.18. The van der Waals surface area contributed by atoms with Crippen LogP contribution in [0.4, 0.5) is 0 Å². The molecule has 1 atom stereocenters. The van der Waals surface area contributed by atoms with Crippen molar-refractivity contribution in [1.82, 2.24) is 20.2 Å². The van der Waals surface area contributed by atoms with Gasteiger partial charge in [-0.1, -0.05) is 29.5 Å². The predicted molar refractivity (Wildman–Crippen MR) is 96.2 cm³/mol. The van der Waals surface area contributed by atoms with Crippen molar-refractivity contribution in [3.63, 3.8) is 0 Å². The number of thioether (sulfide) groups is 1. The molecule has 7 heteroatoms. The van der Waals surface area contributed by atoms with Crippen LogP contribution in [0.2, 0.25) is 0 Å². The van der Waals surface area contributed by atoms with Gasteiger partial charge in [0.25, 0.3) is 0 Å². The number of rotatable bonds is 4. The molecule has 5 nitrogen and oxygen atoms in total. The first kappa shape index (κ1) is 15.3. The van der Waals surface area contributed by atoms with Crippen LogP contribution >= 0.6 is 23.1 Å². The lowest BCUT2D eigenvalue weighted by Gasteiger charge is -2.06. The van der Waals surface area contributed by atoms with E-state index < -0.39 is 0 Å². The monoisotopic (exact) mass is 354 g/mol. The summed E-state index contributed by atoms with van der Waals surface area (Å²) in [6.07, 6.45) is 1.59. The summed E-state index contributed by atoms with van der Waals surface area (Å²) in [7, 11) is 0. The molecule has 0 aliphatic carbocycles. The average molecular weight is 354 g/mol. The van der Waals surface area contributed by atoms with E-state index in [1.54, 1.807) is 29.4 Å². The zero-order chi connectivity index (χ0) is 16.5. The molecule has 4 aromatic rings. The van der Waals surface area contributed by atoms with Crippen molar-refractivity contribution in [2.75, 3.05) is 0 Å². The Morgan fingerprint density at radius 3 is 2.75 bits per heavy atom. The minimum absolute atomic E-state index is 0.0110. The molecule has 120 valence electrons. The van der Waals surface area contributed by atoms with E-state index in [1.807, 2.05) is 42.6 Å². The molecule has 0 fully saturated rings. The normalized spacial score (nSPS) is 12.6. The summed E-state index contributed by atoms with van der Waals surface area (Å²) < 4.78 is 6.94. The van der Waals surface area contributed by atoms with Crippen molar-refractivity contribution >= 4 is 33.3 Å². The summed E-state index contributed by atoms with van der Waals surface area (Å²) in [4.78, 5) is 8.66. The van der Waals surface area contributed by atoms with Crippen molar-refractivity contribution in [3.8, 4) is 11.5 Å². The van der Waals surface area contributed by atoms with Gasteiger partial charge in [-0.25, -0.2) is 9.97 Å². The number of nitrogens with zero attached hydrogens (tertiary/aromatic N) is 4. The summed E-state index contributed by atoms with van der Waals surface area (Å²) in [6, 6.07) is 10.0. The zero-order valence-electron chi connectivity index (χ0n) is 13.1. The van der Waals surface area contributed by atoms with Gasteiger partial charge < -0.3 is 4.42 Å². The predicted octanol–water partition coefficient (Wildman–Crippen LogP) is 4.90. The van der Waals surface area contributed by atoms with Crippen LogP contribution in [0, 0.1) is 6.92 Å². The zero-order valence-corrected chi connectivity index (χ0v) is 14.8. The third-order valence-corrected chi connectivity index (χ3v) is 5.71. The topological polar surface area (TPSA) is 64.7 Å². The maximum Gasteiger partial charge on any atom is 0.247 e. The second kappa shape index (κ2) is 6.33. The smallest absolute Gasteiger partial charge is 0.247 e. The van der Waals surface area contributed by atoms with E-state index in [0.717, 1.165) is 20.8 Å². The lowest BCUT2D eigenvalue weighted by Crippen LogP contribution is -1.91. The van der Waals surface area contributed by atoms with E-state index in [0.29, 0.717) is 11.8 Å². The molecule has 0 spiro atoms. The van der Waals surface area contributed by atoms with Gasteiger partial charge >= 0.3 is 0 Å². The summed E-state index contributed by atoms with van der Waals surface area (Å²) in [6.45, 7) is 4.09. The highest BCUT2D eigenvalue weighted by Crippen LogP contribution is 2.38. The standard InChI is InChI=1S/C17H14N4OS2/c1-10-3-5-12(6-4-10)16-21-20-15(22-16)11(2)24-17-14-13(7-8-23-14)18-9-19-17/h3-9,11H,1-2H3/t11-/m0/s1. The van der Waals surface area contributed by atoms with Gasteiger partial charge in [0.1, 0.15) is 11.4 Å². The van der Waals surface area contributed by atoms with Crippen LogP contribution in [0.5, 0.6) is 0 Å². The van der Waals surface area contributed by atoms with E-state index in [4.69, 9.17) is 4.42 Å². The third kappa shape index (κ3) is 2.92. The summed E-state index contributed by atoms with van der Waals surface area (Å²) in [5, 5.41) is 11.3. The molecule has 0 aliphatic rings. The van der Waals surface area contributed by atoms with Gasteiger partial charge in [-0.3, -0.25) is 0 Å². The first-order valence-corrected chi connectivity index (χ1v) is 9.22. The number of benzene rings is 1. The second-order valence-corrected chi connectivity index (χ2v) is 7.63. The Balaban J connectivity index is 1.58. The molecule has 3 heterocycles. The number of aryl methyl sites for hydroxylation is 1. The lowest BCUT2D eigenvalue weighted by atomic mass is 10.1. The highest BCUT2D eigenvalue weighted by atomic mass is 32.2. The van der Waals surface area contributed by atoms with E-state index in [9.17, 15) is 0 Å². The molecule has 0 radical (unpaired) electrons. The van der Waals surface area contributed by atoms with Gasteiger partial charge in [-0.2, -0.15) is 0 Å². The van der Waals surface area contributed by atoms with E-state index >= 15 is 0 Å². The van der Waals surface area contributed by atoms with Crippen LogP contribution in [-0.4, -0.2) is 20.2 Å². The molecule has 0 amide bonds. The fraction of sp³-hybridized carbons (Fsp3) is 0.176. The maximum absolute atomic E-state index is 5.85. The van der Waals surface area contributed by atoms with Gasteiger partial charge in [-0.05, 0) is 37.4 Å². The van der Waals surface area contributed by atoms with E-state index in [2.05, 4.69) is 27.1 Å². The molecule has 0 bridgehead atoms. The number of hydrogen-bond donors (Lipinski definition) is 0. The summed E-state index contributed by atoms with van der Waals surface area (Å²) >= 11 is 3.25. The molecule has 0 aliphatic heterocycles. The Kier molecular flexibility index (Phi) is 4.03. The van der Waals surface area contributed by atoms with Crippen molar-refractivity contribution in [3.05, 3.63) is 53.5 Å². The fourth-order valence-electron chi connectivity index (χ4n) is 2.28. The first-order valence-electron chi connectivity index (χ1n) is 7.46. The van der Waals surface area contributed by atoms with Crippen LogP contribution in [0.3, 0.4) is 0 Å². The molecule has 3 aromatic heterocycles. The van der Waals surface area contributed by atoms with E-state index in [1.165, 1.54) is 5.56 Å². The van der Waals surface area contributed by atoms with Crippen LogP contribution in [-0.2, 0) is 0 Å². The molecule has 0 N–H and O–H groups in total. The summed E-state index contributed by atoms with van der Waals surface area (Å²) in [5.74, 6) is 1.14. The number of fused-ring (bicyclic) bond motifs is 1. The van der Waals surface area contributed by atoms with Crippen molar-refractivity contribution in [1.29, 1.82) is 0 Å². The van der Waals surface area contributed by atoms with Gasteiger partial charge in [0.2, 0.25) is 11.8 Å². The molecular formula is C17H14N4OS2. The van der Waals surface area contributed by atoms with Gasteiger partial charge in [0.15, 0.2) is 0 Å². The highest BCUT2D eigenvalue weighted by molar-refractivity contribution is 7.99. The van der Waals surface area contributed by atoms with Crippen molar-refractivity contribution in [2.24, 2.45) is 0 Å². The number of aromatic nitrogens is 4. The Morgan fingerprint density at radius 2 is 1.92 bits per heavy atom. The minimum Gasteiger partial charge on any atom is -0.419 e. The third-order valence-electron chi connectivity index (χ3n) is 3.59. The van der Waals surface area contributed by atoms with Crippen molar-refractivity contribution < 1.29 is 4.42 Å². The SMILES string of the molecule is Cc1ccc(-c2nnc([C@H](C)Sc3ncnc4ccsc34)o2)cc1. The van der Waals surface area contributed by atoms with Gasteiger partial charge in [-0.15, -0.1) is 21.5 Å². The van der Waals surface area contributed by atoms with E-state index in [-0.39, 0.29) is 5.25 Å². The Hall–Kier alpha value is -2.25. The summed E-state index contributed by atoms with van der Waals surface area (Å²) in [5.41, 5.74) is 3.10. The molecule has 24 heavy (non-hydrogen) atoms. The molecule has 0 saturated carbocycles. The second-order valence-electron chi connectivity index (χ2n) is 5.39. The molecule has 1 aromatic carbocycles. The molecule has 4 rings (SSSR count). The molecular weight excluding hydrogens is 340 g/mol. The van der Waals surface area contributed by atoms with Crippen LogP contribution in [0.25, 0.3) is 21.7 Å². The largest absolute Gasteiger partial charge is 0.419 e. The van der Waals surface area contributed by atoms with Crippen LogP contribution < -0.4 is 0 Å². The Bertz CT molecular complexity index is 978. The quantitative estimate of drug-likeness (QED) is 0.383. The first-order chi connectivity index (χ1) is 11.7. The lowest BCUT2D eigenvalue weighted by molar-refractivity contribution is 0.509. The fourth-order valence-corrected chi connectivity index (χ4v) is 4.15. The van der Waals surface area contributed by atoms with Crippen LogP contribution in [0.1, 0.15) is 23.6 Å². The molecule has 0 unspecified atom stereocenters. The number of hydrogen-bond acceptors (Lipinski definition) is 7. The molecule has 0 saturated heterocycles. The van der Waals surface area contributed by atoms with Gasteiger partial charge in [0.05, 0.1) is 15.5 Å². The van der Waals surface area contributed by atoms with Crippen molar-refractivity contribution in [2.45, 2.75) is 24.1 Å². The Morgan fingerprint density at radius 1 is 1.08 bits per heavy atom. The van der Waals surface area contributed by atoms with Gasteiger partial charge in [0, 0.05) is 5.56 Å². The minimum atomic E-state index is 0.0110. The average Bonchev–Trinajstić information content (AvgIpc) is 3.25.